The van der Waals surface area contributed by atoms with E-state index in [0.29, 0.717) is 23.0 Å². The van der Waals surface area contributed by atoms with Gasteiger partial charge in [-0.1, -0.05) is 55.8 Å². The fourth-order valence-electron chi connectivity index (χ4n) is 3.08. The van der Waals surface area contributed by atoms with Crippen molar-refractivity contribution in [1.82, 2.24) is 5.32 Å². The smallest absolute Gasteiger partial charge is 0.287 e. The molecule has 3 rings (SSSR count). The molecule has 0 aliphatic heterocycles. The Labute approximate surface area is 158 Å². The van der Waals surface area contributed by atoms with Crippen molar-refractivity contribution in [2.45, 2.75) is 26.5 Å². The van der Waals surface area contributed by atoms with Gasteiger partial charge < -0.3 is 14.5 Å². The number of benzene rings is 2. The molecule has 0 aliphatic carbocycles. The molecule has 4 nitrogen and oxygen atoms in total. The molecule has 0 bridgehead atoms. The maximum absolute atomic E-state index is 13.0. The Balaban J connectivity index is 1.94. The summed E-state index contributed by atoms with van der Waals surface area (Å²) in [7, 11) is 1.61. The van der Waals surface area contributed by atoms with Gasteiger partial charge >= 0.3 is 0 Å². The number of hydrogen-bond acceptors (Lipinski definition) is 3. The third-order valence-corrected chi connectivity index (χ3v) is 4.63. The number of para-hydroxylation sites is 1. The SMILES string of the molecule is COCc1c(C(=O)N[C@H](c2ccc(Cl)cc2)C(C)C)oc2ccccc12. The van der Waals surface area contributed by atoms with Crippen molar-refractivity contribution < 1.29 is 13.9 Å². The zero-order valence-electron chi connectivity index (χ0n) is 15.1. The summed E-state index contributed by atoms with van der Waals surface area (Å²) in [6, 6.07) is 15.0. The number of methoxy groups -OCH3 is 1. The van der Waals surface area contributed by atoms with Crippen LogP contribution in [-0.4, -0.2) is 13.0 Å². The minimum atomic E-state index is -0.248. The summed E-state index contributed by atoms with van der Waals surface area (Å²) in [5.41, 5.74) is 2.44. The molecular formula is C21H22ClNO3. The summed E-state index contributed by atoms with van der Waals surface area (Å²) < 4.78 is 11.1. The molecule has 0 radical (unpaired) electrons. The number of fused-ring (bicyclic) bond motifs is 1. The molecule has 0 aliphatic rings. The van der Waals surface area contributed by atoms with Gasteiger partial charge in [-0.15, -0.1) is 0 Å². The van der Waals surface area contributed by atoms with Gasteiger partial charge in [0.25, 0.3) is 5.91 Å². The van der Waals surface area contributed by atoms with Gasteiger partial charge in [0.15, 0.2) is 5.76 Å². The number of amides is 1. The maximum atomic E-state index is 13.0. The molecule has 0 unspecified atom stereocenters. The van der Waals surface area contributed by atoms with Gasteiger partial charge in [-0.25, -0.2) is 0 Å². The third kappa shape index (κ3) is 3.76. The quantitative estimate of drug-likeness (QED) is 0.634. The lowest BCUT2D eigenvalue weighted by atomic mass is 9.96. The Bertz CT molecular complexity index is 899. The van der Waals surface area contributed by atoms with Crippen LogP contribution in [0.3, 0.4) is 0 Å². The highest BCUT2D eigenvalue weighted by Gasteiger charge is 2.25. The fraction of sp³-hybridized carbons (Fsp3) is 0.286. The molecule has 0 spiro atoms. The third-order valence-electron chi connectivity index (χ3n) is 4.38. The first-order valence-electron chi connectivity index (χ1n) is 8.57. The second kappa shape index (κ2) is 7.94. The molecule has 26 heavy (non-hydrogen) atoms. The van der Waals surface area contributed by atoms with E-state index in [1.54, 1.807) is 7.11 Å². The Kier molecular flexibility index (Phi) is 5.64. The average molecular weight is 372 g/mol. The molecule has 1 aromatic heterocycles. The largest absolute Gasteiger partial charge is 0.451 e. The normalized spacial score (nSPS) is 12.5. The van der Waals surface area contributed by atoms with Gasteiger partial charge in [0.1, 0.15) is 5.58 Å². The molecule has 136 valence electrons. The predicted molar refractivity (Wildman–Crippen MR) is 103 cm³/mol. The zero-order chi connectivity index (χ0) is 18.7. The number of nitrogens with one attached hydrogen (secondary N) is 1. The topological polar surface area (TPSA) is 51.5 Å². The van der Waals surface area contributed by atoms with Crippen molar-refractivity contribution in [3.8, 4) is 0 Å². The minimum absolute atomic E-state index is 0.150. The van der Waals surface area contributed by atoms with E-state index in [1.807, 2.05) is 48.5 Å². The molecule has 5 heteroatoms. The van der Waals surface area contributed by atoms with E-state index in [1.165, 1.54) is 0 Å². The van der Waals surface area contributed by atoms with Crippen LogP contribution in [0.25, 0.3) is 11.0 Å². The van der Waals surface area contributed by atoms with Crippen LogP contribution in [-0.2, 0) is 11.3 Å². The predicted octanol–water partition coefficient (Wildman–Crippen LogP) is 5.36. The number of rotatable bonds is 6. The first kappa shape index (κ1) is 18.5. The Morgan fingerprint density at radius 1 is 1.15 bits per heavy atom. The van der Waals surface area contributed by atoms with Crippen LogP contribution in [0.15, 0.2) is 52.9 Å². The molecule has 3 aromatic rings. The summed E-state index contributed by atoms with van der Waals surface area (Å²) >= 11 is 5.98. The van der Waals surface area contributed by atoms with E-state index in [-0.39, 0.29) is 17.9 Å². The number of carbonyl (C=O) groups is 1. The second-order valence-corrected chi connectivity index (χ2v) is 7.02. The van der Waals surface area contributed by atoms with Crippen molar-refractivity contribution in [3.63, 3.8) is 0 Å². The van der Waals surface area contributed by atoms with Crippen molar-refractivity contribution in [1.29, 1.82) is 0 Å². The van der Waals surface area contributed by atoms with Crippen LogP contribution in [0, 0.1) is 5.92 Å². The van der Waals surface area contributed by atoms with E-state index in [2.05, 4.69) is 19.2 Å². The van der Waals surface area contributed by atoms with E-state index < -0.39 is 0 Å². The van der Waals surface area contributed by atoms with Crippen LogP contribution >= 0.6 is 11.6 Å². The maximum Gasteiger partial charge on any atom is 0.287 e. The lowest BCUT2D eigenvalue weighted by molar-refractivity contribution is 0.0893. The zero-order valence-corrected chi connectivity index (χ0v) is 15.8. The lowest BCUT2D eigenvalue weighted by Gasteiger charge is -2.22. The van der Waals surface area contributed by atoms with Crippen LogP contribution in [0.1, 0.15) is 41.6 Å². The Morgan fingerprint density at radius 3 is 2.50 bits per heavy atom. The summed E-state index contributed by atoms with van der Waals surface area (Å²) in [5.74, 6) is 0.255. The molecule has 2 aromatic carbocycles. The highest BCUT2D eigenvalue weighted by Crippen LogP contribution is 2.28. The van der Waals surface area contributed by atoms with E-state index in [0.717, 1.165) is 16.5 Å². The number of hydrogen-bond donors (Lipinski definition) is 1. The first-order valence-corrected chi connectivity index (χ1v) is 8.94. The van der Waals surface area contributed by atoms with Crippen molar-refractivity contribution in [2.24, 2.45) is 5.92 Å². The Hall–Kier alpha value is -2.30. The molecule has 1 amide bonds. The lowest BCUT2D eigenvalue weighted by Crippen LogP contribution is -2.32. The number of halogens is 1. The van der Waals surface area contributed by atoms with Gasteiger partial charge in [-0.3, -0.25) is 4.79 Å². The number of furan rings is 1. The monoisotopic (exact) mass is 371 g/mol. The molecule has 0 saturated carbocycles. The van der Waals surface area contributed by atoms with Gasteiger partial charge in [-0.2, -0.15) is 0 Å². The van der Waals surface area contributed by atoms with Crippen LogP contribution in [0.4, 0.5) is 0 Å². The molecule has 0 saturated heterocycles. The second-order valence-electron chi connectivity index (χ2n) is 6.59. The van der Waals surface area contributed by atoms with E-state index >= 15 is 0 Å². The van der Waals surface area contributed by atoms with Crippen LogP contribution in [0.5, 0.6) is 0 Å². The van der Waals surface area contributed by atoms with Gasteiger partial charge in [0.05, 0.1) is 12.6 Å². The van der Waals surface area contributed by atoms with Crippen molar-refractivity contribution in [2.75, 3.05) is 7.11 Å². The molecular weight excluding hydrogens is 350 g/mol. The molecule has 1 N–H and O–H groups in total. The summed E-state index contributed by atoms with van der Waals surface area (Å²) in [6.45, 7) is 4.44. The Morgan fingerprint density at radius 2 is 1.85 bits per heavy atom. The standard InChI is InChI=1S/C21H22ClNO3/c1-13(2)19(14-8-10-15(22)11-9-14)23-21(24)20-17(12-25-3)16-6-4-5-7-18(16)26-20/h4-11,13,19H,12H2,1-3H3,(H,23,24)/t19-/m0/s1. The van der Waals surface area contributed by atoms with Crippen molar-refractivity contribution in [3.05, 3.63) is 70.4 Å². The first-order chi connectivity index (χ1) is 12.5. The average Bonchev–Trinajstić information content (AvgIpc) is 2.99. The number of carbonyl (C=O) groups excluding carboxylic acids is 1. The van der Waals surface area contributed by atoms with Gasteiger partial charge in [-0.05, 0) is 29.7 Å². The minimum Gasteiger partial charge on any atom is -0.451 e. The number of ether oxygens (including phenoxy) is 1. The summed E-state index contributed by atoms with van der Waals surface area (Å²) in [5, 5.41) is 4.66. The van der Waals surface area contributed by atoms with Crippen LogP contribution < -0.4 is 5.32 Å². The molecule has 1 heterocycles. The molecule has 0 fully saturated rings. The van der Waals surface area contributed by atoms with Gasteiger partial charge in [0, 0.05) is 23.1 Å². The fourth-order valence-corrected chi connectivity index (χ4v) is 3.21. The summed E-state index contributed by atoms with van der Waals surface area (Å²) in [6.07, 6.45) is 0. The van der Waals surface area contributed by atoms with Crippen molar-refractivity contribution >= 4 is 28.5 Å². The highest BCUT2D eigenvalue weighted by molar-refractivity contribution is 6.30. The highest BCUT2D eigenvalue weighted by atomic mass is 35.5. The van der Waals surface area contributed by atoms with E-state index in [4.69, 9.17) is 20.8 Å². The van der Waals surface area contributed by atoms with Crippen LogP contribution in [0.2, 0.25) is 5.02 Å². The van der Waals surface area contributed by atoms with Gasteiger partial charge in [0.2, 0.25) is 0 Å². The summed E-state index contributed by atoms with van der Waals surface area (Å²) in [4.78, 5) is 13.0. The molecule has 1 atom stereocenters. The van der Waals surface area contributed by atoms with E-state index in [9.17, 15) is 4.79 Å².